The van der Waals surface area contributed by atoms with Gasteiger partial charge in [0.1, 0.15) is 0 Å². The van der Waals surface area contributed by atoms with E-state index in [0.29, 0.717) is 0 Å². The summed E-state index contributed by atoms with van der Waals surface area (Å²) < 4.78 is 7.53. The topological polar surface area (TPSA) is 9.23 Å². The summed E-state index contributed by atoms with van der Waals surface area (Å²) in [6, 6.07) is 0. The van der Waals surface area contributed by atoms with Crippen LogP contribution in [-0.2, 0) is 4.74 Å². The second kappa shape index (κ2) is 6.03. The number of hydrogen-bond donors (Lipinski definition) is 0. The minimum absolute atomic E-state index is 0.246. The van der Waals surface area contributed by atoms with E-state index < -0.39 is 0 Å². The van der Waals surface area contributed by atoms with Crippen LogP contribution >= 0.6 is 22.6 Å². The van der Waals surface area contributed by atoms with Crippen molar-refractivity contribution in [2.24, 2.45) is 11.8 Å². The average Bonchev–Trinajstić information content (AvgIpc) is 2.82. The Balaban J connectivity index is 1.79. The number of ether oxygens (including phenoxy) is 1. The first kappa shape index (κ1) is 13.1. The maximum Gasteiger partial charge on any atom is 0.0771 e. The summed E-state index contributed by atoms with van der Waals surface area (Å²) in [5.41, 5.74) is 0.246. The molecule has 0 bridgehead atoms. The van der Waals surface area contributed by atoms with Crippen LogP contribution in [0.3, 0.4) is 0 Å². The van der Waals surface area contributed by atoms with E-state index in [1.165, 1.54) is 55.8 Å². The van der Waals surface area contributed by atoms with Crippen LogP contribution in [0.1, 0.15) is 58.3 Å². The van der Waals surface area contributed by atoms with Crippen LogP contribution < -0.4 is 0 Å². The maximum atomic E-state index is 6.34. The fraction of sp³-hybridized carbons (Fsp3) is 1.00. The van der Waals surface area contributed by atoms with Crippen LogP contribution in [0.5, 0.6) is 0 Å². The van der Waals surface area contributed by atoms with Crippen molar-refractivity contribution < 1.29 is 4.74 Å². The Morgan fingerprint density at radius 2 is 1.75 bits per heavy atom. The molecular formula is C14H25IO. The van der Waals surface area contributed by atoms with Crippen molar-refractivity contribution in [1.82, 2.24) is 0 Å². The fourth-order valence-electron chi connectivity index (χ4n) is 3.08. The Hall–Kier alpha value is 0.690. The quantitative estimate of drug-likeness (QED) is 0.539. The first-order valence-corrected chi connectivity index (χ1v) is 8.46. The van der Waals surface area contributed by atoms with Crippen LogP contribution in [0, 0.1) is 11.8 Å². The molecule has 2 aliphatic rings. The van der Waals surface area contributed by atoms with Gasteiger partial charge in [-0.1, -0.05) is 42.4 Å². The first-order chi connectivity index (χ1) is 7.74. The zero-order chi connectivity index (χ0) is 11.4. The molecule has 94 valence electrons. The minimum atomic E-state index is 0.246. The molecule has 0 radical (unpaired) electrons. The molecule has 16 heavy (non-hydrogen) atoms. The van der Waals surface area contributed by atoms with E-state index in [1.807, 2.05) is 0 Å². The summed E-state index contributed by atoms with van der Waals surface area (Å²) in [6.07, 6.45) is 11.0. The summed E-state index contributed by atoms with van der Waals surface area (Å²) >= 11 is 2.53. The highest BCUT2D eigenvalue weighted by atomic mass is 127. The lowest BCUT2D eigenvalue weighted by Gasteiger charge is -2.38. The molecule has 0 atom stereocenters. The largest absolute Gasteiger partial charge is 0.374 e. The van der Waals surface area contributed by atoms with Gasteiger partial charge in [-0.3, -0.25) is 0 Å². The summed E-state index contributed by atoms with van der Waals surface area (Å²) in [6.45, 7) is 3.42. The molecule has 0 unspecified atom stereocenters. The number of alkyl halides is 1. The van der Waals surface area contributed by atoms with E-state index in [1.54, 1.807) is 0 Å². The molecule has 0 aromatic heterocycles. The van der Waals surface area contributed by atoms with Crippen molar-refractivity contribution in [3.8, 4) is 0 Å². The van der Waals surface area contributed by atoms with Gasteiger partial charge in [-0.05, 0) is 50.4 Å². The van der Waals surface area contributed by atoms with Gasteiger partial charge in [0.25, 0.3) is 0 Å². The maximum absolute atomic E-state index is 6.34. The molecule has 0 saturated heterocycles. The molecule has 2 fully saturated rings. The van der Waals surface area contributed by atoms with Crippen molar-refractivity contribution in [2.75, 3.05) is 11.0 Å². The monoisotopic (exact) mass is 336 g/mol. The Labute approximate surface area is 114 Å². The number of hydrogen-bond acceptors (Lipinski definition) is 1. The zero-order valence-electron chi connectivity index (χ0n) is 10.5. The highest BCUT2D eigenvalue weighted by Gasteiger charge is 2.34. The molecule has 0 heterocycles. The summed E-state index contributed by atoms with van der Waals surface area (Å²) in [5, 5.41) is 0. The van der Waals surface area contributed by atoms with Crippen molar-refractivity contribution in [3.63, 3.8) is 0 Å². The third-order valence-corrected chi connectivity index (χ3v) is 5.92. The highest BCUT2D eigenvalue weighted by Crippen LogP contribution is 2.37. The predicted octanol–water partition coefficient (Wildman–Crippen LogP) is 4.58. The lowest BCUT2D eigenvalue weighted by Crippen LogP contribution is -2.39. The molecular weight excluding hydrogens is 311 g/mol. The first-order valence-electron chi connectivity index (χ1n) is 6.94. The lowest BCUT2D eigenvalue weighted by atomic mass is 9.80. The zero-order valence-corrected chi connectivity index (χ0v) is 12.7. The van der Waals surface area contributed by atoms with Gasteiger partial charge in [-0.2, -0.15) is 0 Å². The Bertz CT molecular complexity index is 203. The van der Waals surface area contributed by atoms with E-state index >= 15 is 0 Å². The molecule has 0 aromatic rings. The van der Waals surface area contributed by atoms with Crippen LogP contribution in [0.25, 0.3) is 0 Å². The van der Waals surface area contributed by atoms with E-state index in [0.717, 1.165) is 18.4 Å². The van der Waals surface area contributed by atoms with Gasteiger partial charge in [-0.25, -0.2) is 0 Å². The Kier molecular flexibility index (Phi) is 4.95. The molecule has 2 saturated carbocycles. The molecule has 0 spiro atoms. The number of halogens is 1. The van der Waals surface area contributed by atoms with Gasteiger partial charge in [0.15, 0.2) is 0 Å². The van der Waals surface area contributed by atoms with Gasteiger partial charge in [0.2, 0.25) is 0 Å². The molecule has 0 aromatic carbocycles. The summed E-state index contributed by atoms with van der Waals surface area (Å²) in [7, 11) is 0. The Morgan fingerprint density at radius 1 is 1.12 bits per heavy atom. The van der Waals surface area contributed by atoms with E-state index in [-0.39, 0.29) is 5.60 Å². The van der Waals surface area contributed by atoms with Gasteiger partial charge in [-0.15, -0.1) is 0 Å². The molecule has 1 nitrogen and oxygen atoms in total. The number of rotatable bonds is 4. The fourth-order valence-corrected chi connectivity index (χ4v) is 4.06. The minimum Gasteiger partial charge on any atom is -0.374 e. The normalized spacial score (nSPS) is 36.8. The highest BCUT2D eigenvalue weighted by molar-refractivity contribution is 14.1. The average molecular weight is 336 g/mol. The third-order valence-electron chi connectivity index (χ3n) is 4.53. The van der Waals surface area contributed by atoms with Gasteiger partial charge in [0, 0.05) is 4.43 Å². The second-order valence-electron chi connectivity index (χ2n) is 5.96. The SMILES string of the molecule is CC1CCC(CI)(OCC2CCCC2)CC1. The molecule has 2 heteroatoms. The van der Waals surface area contributed by atoms with Crippen LogP contribution in [0.15, 0.2) is 0 Å². The lowest BCUT2D eigenvalue weighted by molar-refractivity contribution is -0.0704. The third kappa shape index (κ3) is 3.34. The molecule has 0 amide bonds. The summed E-state index contributed by atoms with van der Waals surface area (Å²) in [5.74, 6) is 1.80. The van der Waals surface area contributed by atoms with Crippen molar-refractivity contribution in [1.29, 1.82) is 0 Å². The van der Waals surface area contributed by atoms with Crippen LogP contribution in [0.2, 0.25) is 0 Å². The van der Waals surface area contributed by atoms with Crippen LogP contribution in [0.4, 0.5) is 0 Å². The van der Waals surface area contributed by atoms with Crippen LogP contribution in [-0.4, -0.2) is 16.6 Å². The predicted molar refractivity (Wildman–Crippen MR) is 77.2 cm³/mol. The van der Waals surface area contributed by atoms with Crippen molar-refractivity contribution in [2.45, 2.75) is 63.9 Å². The van der Waals surface area contributed by atoms with Crippen molar-refractivity contribution >= 4 is 22.6 Å². The van der Waals surface area contributed by atoms with Gasteiger partial charge >= 0.3 is 0 Å². The molecule has 2 aliphatic carbocycles. The Morgan fingerprint density at radius 3 is 2.31 bits per heavy atom. The second-order valence-corrected chi connectivity index (χ2v) is 6.72. The molecule has 2 rings (SSSR count). The van der Waals surface area contributed by atoms with E-state index in [9.17, 15) is 0 Å². The van der Waals surface area contributed by atoms with Gasteiger partial charge in [0.05, 0.1) is 12.2 Å². The summed E-state index contributed by atoms with van der Waals surface area (Å²) in [4.78, 5) is 0. The van der Waals surface area contributed by atoms with E-state index in [4.69, 9.17) is 4.74 Å². The standard InChI is InChI=1S/C14H25IO/c1-12-6-8-14(11-15,9-7-12)16-10-13-4-2-3-5-13/h12-13H,2-11H2,1H3. The van der Waals surface area contributed by atoms with E-state index in [2.05, 4.69) is 29.5 Å². The smallest absolute Gasteiger partial charge is 0.0771 e. The van der Waals surface area contributed by atoms with Gasteiger partial charge < -0.3 is 4.74 Å². The van der Waals surface area contributed by atoms with Crippen molar-refractivity contribution in [3.05, 3.63) is 0 Å². The molecule has 0 N–H and O–H groups in total. The molecule has 0 aliphatic heterocycles.